The Morgan fingerprint density at radius 1 is 1.10 bits per heavy atom. The van der Waals surface area contributed by atoms with Crippen molar-refractivity contribution in [2.75, 3.05) is 7.11 Å². The van der Waals surface area contributed by atoms with Gasteiger partial charge in [-0.05, 0) is 35.7 Å². The first-order valence-electron chi connectivity index (χ1n) is 6.30. The van der Waals surface area contributed by atoms with E-state index < -0.39 is 0 Å². The van der Waals surface area contributed by atoms with Gasteiger partial charge < -0.3 is 4.74 Å². The molecule has 0 spiro atoms. The first-order chi connectivity index (χ1) is 9.78. The van der Waals surface area contributed by atoms with Crippen molar-refractivity contribution in [3.63, 3.8) is 0 Å². The van der Waals surface area contributed by atoms with Crippen LogP contribution in [0.2, 0.25) is 0 Å². The minimum atomic E-state index is -0.292. The monoisotopic (exact) mass is 262 g/mol. The van der Waals surface area contributed by atoms with Crippen molar-refractivity contribution in [3.05, 3.63) is 65.2 Å². The van der Waals surface area contributed by atoms with Gasteiger partial charge in [-0.2, -0.15) is 10.5 Å². The van der Waals surface area contributed by atoms with Gasteiger partial charge in [-0.25, -0.2) is 0 Å². The van der Waals surface area contributed by atoms with Gasteiger partial charge in [0.2, 0.25) is 0 Å². The Balaban J connectivity index is 2.30. The van der Waals surface area contributed by atoms with E-state index in [0.29, 0.717) is 12.0 Å². The van der Waals surface area contributed by atoms with Gasteiger partial charge in [0.05, 0.1) is 30.7 Å². The highest BCUT2D eigenvalue weighted by Gasteiger charge is 2.14. The molecule has 98 valence electrons. The van der Waals surface area contributed by atoms with Gasteiger partial charge in [0, 0.05) is 0 Å². The third-order valence-electron chi connectivity index (χ3n) is 3.19. The van der Waals surface area contributed by atoms with Crippen molar-refractivity contribution >= 4 is 0 Å². The highest BCUT2D eigenvalue weighted by molar-refractivity contribution is 5.40. The lowest BCUT2D eigenvalue weighted by molar-refractivity contribution is 0.409. The fraction of sp³-hybridized carbons (Fsp3) is 0.176. The zero-order valence-corrected chi connectivity index (χ0v) is 11.2. The molecule has 0 amide bonds. The molecule has 3 heteroatoms. The SMILES string of the molecule is COc1ccccc1CC(C#N)c1cccc(C#N)c1. The van der Waals surface area contributed by atoms with Crippen molar-refractivity contribution in [2.24, 2.45) is 0 Å². The normalized spacial score (nSPS) is 11.2. The molecule has 2 aromatic rings. The lowest BCUT2D eigenvalue weighted by Crippen LogP contribution is -2.02. The van der Waals surface area contributed by atoms with Gasteiger partial charge in [0.1, 0.15) is 5.75 Å². The minimum absolute atomic E-state index is 0.292. The topological polar surface area (TPSA) is 56.8 Å². The maximum atomic E-state index is 9.39. The van der Waals surface area contributed by atoms with Gasteiger partial charge in [-0.3, -0.25) is 0 Å². The lowest BCUT2D eigenvalue weighted by atomic mass is 9.92. The summed E-state index contributed by atoms with van der Waals surface area (Å²) in [5.74, 6) is 0.490. The number of nitriles is 2. The molecule has 0 saturated heterocycles. The van der Waals surface area contributed by atoms with Crippen molar-refractivity contribution in [1.82, 2.24) is 0 Å². The molecule has 0 fully saturated rings. The second-order valence-corrected chi connectivity index (χ2v) is 4.43. The first kappa shape index (κ1) is 13.6. The van der Waals surface area contributed by atoms with E-state index in [1.807, 2.05) is 30.3 Å². The maximum absolute atomic E-state index is 9.39. The zero-order chi connectivity index (χ0) is 14.4. The molecule has 0 aromatic heterocycles. The van der Waals surface area contributed by atoms with Crippen LogP contribution in [0.5, 0.6) is 5.75 Å². The van der Waals surface area contributed by atoms with Crippen molar-refractivity contribution in [2.45, 2.75) is 12.3 Å². The Morgan fingerprint density at radius 3 is 2.60 bits per heavy atom. The van der Waals surface area contributed by atoms with E-state index in [1.54, 1.807) is 25.3 Å². The zero-order valence-electron chi connectivity index (χ0n) is 11.2. The van der Waals surface area contributed by atoms with Gasteiger partial charge in [0.25, 0.3) is 0 Å². The highest BCUT2D eigenvalue weighted by atomic mass is 16.5. The van der Waals surface area contributed by atoms with Crippen molar-refractivity contribution < 1.29 is 4.74 Å². The van der Waals surface area contributed by atoms with Crippen LogP contribution in [-0.2, 0) is 6.42 Å². The summed E-state index contributed by atoms with van der Waals surface area (Å²) in [4.78, 5) is 0. The van der Waals surface area contributed by atoms with E-state index in [0.717, 1.165) is 16.9 Å². The molecular weight excluding hydrogens is 248 g/mol. The molecule has 2 rings (SSSR count). The lowest BCUT2D eigenvalue weighted by Gasteiger charge is -2.12. The van der Waals surface area contributed by atoms with Crippen LogP contribution < -0.4 is 4.74 Å². The second-order valence-electron chi connectivity index (χ2n) is 4.43. The fourth-order valence-electron chi connectivity index (χ4n) is 2.15. The van der Waals surface area contributed by atoms with Gasteiger partial charge >= 0.3 is 0 Å². The summed E-state index contributed by atoms with van der Waals surface area (Å²) in [5.41, 5.74) is 2.42. The van der Waals surface area contributed by atoms with Crippen LogP contribution in [0.3, 0.4) is 0 Å². The number of rotatable bonds is 4. The van der Waals surface area contributed by atoms with E-state index in [1.165, 1.54) is 0 Å². The van der Waals surface area contributed by atoms with Gasteiger partial charge in [-0.1, -0.05) is 30.3 Å². The van der Waals surface area contributed by atoms with Crippen LogP contribution in [0.15, 0.2) is 48.5 Å². The Bertz CT molecular complexity index is 680. The van der Waals surface area contributed by atoms with E-state index >= 15 is 0 Å². The first-order valence-corrected chi connectivity index (χ1v) is 6.30. The Kier molecular flexibility index (Phi) is 4.37. The molecule has 2 aromatic carbocycles. The smallest absolute Gasteiger partial charge is 0.122 e. The molecule has 0 N–H and O–H groups in total. The van der Waals surface area contributed by atoms with Crippen LogP contribution in [0.1, 0.15) is 22.6 Å². The summed E-state index contributed by atoms with van der Waals surface area (Å²) in [5, 5.41) is 18.3. The molecule has 20 heavy (non-hydrogen) atoms. The number of para-hydroxylation sites is 1. The predicted octanol–water partition coefficient (Wildman–Crippen LogP) is 3.42. The predicted molar refractivity (Wildman–Crippen MR) is 76.2 cm³/mol. The molecule has 0 radical (unpaired) electrons. The molecule has 1 atom stereocenters. The molecule has 0 heterocycles. The number of benzene rings is 2. The fourth-order valence-corrected chi connectivity index (χ4v) is 2.15. The van der Waals surface area contributed by atoms with Crippen LogP contribution in [0, 0.1) is 22.7 Å². The summed E-state index contributed by atoms with van der Waals surface area (Å²) >= 11 is 0. The molecular formula is C17H14N2O. The highest BCUT2D eigenvalue weighted by Crippen LogP contribution is 2.26. The summed E-state index contributed by atoms with van der Waals surface area (Å²) in [6.07, 6.45) is 0.565. The Morgan fingerprint density at radius 2 is 1.90 bits per heavy atom. The summed E-state index contributed by atoms with van der Waals surface area (Å²) < 4.78 is 5.31. The van der Waals surface area contributed by atoms with Crippen molar-refractivity contribution in [1.29, 1.82) is 10.5 Å². The van der Waals surface area contributed by atoms with Crippen LogP contribution in [0.4, 0.5) is 0 Å². The number of ether oxygens (including phenoxy) is 1. The van der Waals surface area contributed by atoms with Crippen LogP contribution >= 0.6 is 0 Å². The van der Waals surface area contributed by atoms with E-state index in [9.17, 15) is 5.26 Å². The third-order valence-corrected chi connectivity index (χ3v) is 3.19. The van der Waals surface area contributed by atoms with Crippen LogP contribution in [-0.4, -0.2) is 7.11 Å². The average Bonchev–Trinajstić information content (AvgIpc) is 2.53. The third kappa shape index (κ3) is 2.96. The number of methoxy groups -OCH3 is 1. The Hall–Kier alpha value is -2.78. The maximum Gasteiger partial charge on any atom is 0.122 e. The molecule has 3 nitrogen and oxygen atoms in total. The molecule has 0 bridgehead atoms. The average molecular weight is 262 g/mol. The minimum Gasteiger partial charge on any atom is -0.496 e. The number of hydrogen-bond donors (Lipinski definition) is 0. The molecule has 0 aliphatic carbocycles. The largest absolute Gasteiger partial charge is 0.496 e. The van der Waals surface area contributed by atoms with E-state index in [2.05, 4.69) is 12.1 Å². The van der Waals surface area contributed by atoms with Crippen molar-refractivity contribution in [3.8, 4) is 17.9 Å². The number of nitrogens with zero attached hydrogens (tertiary/aromatic N) is 2. The molecule has 1 unspecified atom stereocenters. The van der Waals surface area contributed by atoms with Gasteiger partial charge in [-0.15, -0.1) is 0 Å². The molecule has 0 aliphatic heterocycles. The second kappa shape index (κ2) is 6.41. The van der Waals surface area contributed by atoms with E-state index in [4.69, 9.17) is 10.00 Å². The number of hydrogen-bond acceptors (Lipinski definition) is 3. The summed E-state index contributed by atoms with van der Waals surface area (Å²) in [6, 6.07) is 19.3. The van der Waals surface area contributed by atoms with Gasteiger partial charge in [0.15, 0.2) is 0 Å². The molecule has 0 aliphatic rings. The van der Waals surface area contributed by atoms with E-state index in [-0.39, 0.29) is 5.92 Å². The van der Waals surface area contributed by atoms with Crippen LogP contribution in [0.25, 0.3) is 0 Å². The Labute approximate surface area is 118 Å². The molecule has 0 saturated carbocycles. The quantitative estimate of drug-likeness (QED) is 0.848. The summed E-state index contributed by atoms with van der Waals surface area (Å²) in [6.45, 7) is 0. The summed E-state index contributed by atoms with van der Waals surface area (Å²) in [7, 11) is 1.62. The standard InChI is InChI=1S/C17H14N2O/c1-20-17-8-3-2-6-15(17)10-16(12-19)14-7-4-5-13(9-14)11-18/h2-9,16H,10H2,1H3.